The average molecular weight is 425 g/mol. The fraction of sp³-hybridized carbons (Fsp3) is 0.0588. The molecule has 0 saturated heterocycles. The molecule has 4 rings (SSSR count). The fourth-order valence-corrected chi connectivity index (χ4v) is 2.56. The highest BCUT2D eigenvalue weighted by atomic mass is 79.9. The van der Waals surface area contributed by atoms with E-state index in [1.807, 2.05) is 30.3 Å². The molecule has 3 aromatic heterocycles. The zero-order chi connectivity index (χ0) is 18.6. The van der Waals surface area contributed by atoms with Gasteiger partial charge in [0.25, 0.3) is 5.91 Å². The van der Waals surface area contributed by atoms with Crippen molar-refractivity contribution in [1.82, 2.24) is 35.0 Å². The second-order valence-corrected chi connectivity index (χ2v) is 6.46. The summed E-state index contributed by atoms with van der Waals surface area (Å²) < 4.78 is 2.39. The minimum atomic E-state index is -0.347. The summed E-state index contributed by atoms with van der Waals surface area (Å²) in [5.41, 5.74) is 1.15. The van der Waals surface area contributed by atoms with Crippen molar-refractivity contribution in [2.75, 3.05) is 5.32 Å². The molecule has 0 aliphatic carbocycles. The van der Waals surface area contributed by atoms with Crippen molar-refractivity contribution >= 4 is 27.7 Å². The summed E-state index contributed by atoms with van der Waals surface area (Å²) in [6.07, 6.45) is 3.28. The maximum Gasteiger partial charge on any atom is 0.277 e. The highest BCUT2D eigenvalue weighted by molar-refractivity contribution is 9.10. The number of carbonyl (C=O) groups is 1. The van der Waals surface area contributed by atoms with Gasteiger partial charge in [0.1, 0.15) is 5.82 Å². The number of amides is 1. The van der Waals surface area contributed by atoms with E-state index in [4.69, 9.17) is 0 Å². The Kier molecular flexibility index (Phi) is 4.71. The molecule has 1 N–H and O–H groups in total. The first-order valence-electron chi connectivity index (χ1n) is 7.97. The predicted molar refractivity (Wildman–Crippen MR) is 101 cm³/mol. The lowest BCUT2D eigenvalue weighted by atomic mass is 10.2. The van der Waals surface area contributed by atoms with E-state index in [0.29, 0.717) is 11.6 Å². The molecule has 0 radical (unpaired) electrons. The van der Waals surface area contributed by atoms with E-state index in [-0.39, 0.29) is 18.3 Å². The number of aromatic nitrogens is 7. The van der Waals surface area contributed by atoms with Crippen molar-refractivity contribution in [1.29, 1.82) is 0 Å². The van der Waals surface area contributed by atoms with Gasteiger partial charge in [-0.15, -0.1) is 15.0 Å². The normalized spacial score (nSPS) is 10.7. The van der Waals surface area contributed by atoms with E-state index in [0.717, 1.165) is 10.0 Å². The highest BCUT2D eigenvalue weighted by Crippen LogP contribution is 2.12. The lowest BCUT2D eigenvalue weighted by Gasteiger charge is -2.02. The number of anilines is 1. The number of nitrogens with zero attached hydrogens (tertiary/aromatic N) is 7. The Morgan fingerprint density at radius 2 is 1.93 bits per heavy atom. The van der Waals surface area contributed by atoms with Gasteiger partial charge in [0.05, 0.1) is 0 Å². The first-order chi connectivity index (χ1) is 13.2. The summed E-state index contributed by atoms with van der Waals surface area (Å²) in [6, 6.07) is 14.7. The Labute approximate surface area is 162 Å². The second-order valence-electron chi connectivity index (χ2n) is 5.55. The van der Waals surface area contributed by atoms with Gasteiger partial charge in [0, 0.05) is 22.4 Å². The van der Waals surface area contributed by atoms with Gasteiger partial charge < -0.3 is 5.32 Å². The lowest BCUT2D eigenvalue weighted by Crippen LogP contribution is -2.16. The number of nitrogens with one attached hydrogen (secondary N) is 1. The molecule has 0 aliphatic rings. The second kappa shape index (κ2) is 7.46. The summed E-state index contributed by atoms with van der Waals surface area (Å²) in [4.78, 5) is 17.8. The Morgan fingerprint density at radius 3 is 2.70 bits per heavy atom. The van der Waals surface area contributed by atoms with Crippen LogP contribution >= 0.6 is 15.9 Å². The highest BCUT2D eigenvalue weighted by Gasteiger charge is 2.12. The van der Waals surface area contributed by atoms with Crippen LogP contribution in [0.1, 0.15) is 10.5 Å². The van der Waals surface area contributed by atoms with E-state index < -0.39 is 0 Å². The standard InChI is InChI=1S/C17H13BrN8O/c18-13-6-7-15(19-10-13)20-17(27)14-8-9-25(22-14)11-26-23-16(21-24-26)12-4-2-1-3-5-12/h1-10H,11H2,(H,19,20,27). The summed E-state index contributed by atoms with van der Waals surface area (Å²) >= 11 is 3.30. The van der Waals surface area contributed by atoms with Gasteiger partial charge in [0.2, 0.25) is 5.82 Å². The van der Waals surface area contributed by atoms with Gasteiger partial charge in [-0.05, 0) is 39.3 Å². The summed E-state index contributed by atoms with van der Waals surface area (Å²) in [5, 5.41) is 19.3. The Hall–Kier alpha value is -3.40. The number of pyridine rings is 1. The van der Waals surface area contributed by atoms with Crippen LogP contribution in [-0.4, -0.2) is 40.9 Å². The summed E-state index contributed by atoms with van der Waals surface area (Å²) in [7, 11) is 0. The first-order valence-corrected chi connectivity index (χ1v) is 8.76. The third kappa shape index (κ3) is 4.06. The van der Waals surface area contributed by atoms with Crippen molar-refractivity contribution in [2.45, 2.75) is 6.67 Å². The van der Waals surface area contributed by atoms with Gasteiger partial charge >= 0.3 is 0 Å². The molecular formula is C17H13BrN8O. The van der Waals surface area contributed by atoms with Crippen LogP contribution in [0.5, 0.6) is 0 Å². The number of benzene rings is 1. The van der Waals surface area contributed by atoms with E-state index in [9.17, 15) is 4.79 Å². The molecule has 1 amide bonds. The number of hydrogen-bond acceptors (Lipinski definition) is 6. The number of halogens is 1. The summed E-state index contributed by atoms with van der Waals surface area (Å²) in [5.74, 6) is 0.630. The SMILES string of the molecule is O=C(Nc1ccc(Br)cn1)c1ccn(Cn2nnc(-c3ccccc3)n2)n1. The number of carbonyl (C=O) groups excluding carboxylic acids is 1. The first kappa shape index (κ1) is 17.0. The monoisotopic (exact) mass is 424 g/mol. The average Bonchev–Trinajstić information content (AvgIpc) is 3.35. The molecule has 0 unspecified atom stereocenters. The van der Waals surface area contributed by atoms with Crippen molar-refractivity contribution in [3.8, 4) is 11.4 Å². The Bertz CT molecular complexity index is 1060. The van der Waals surface area contributed by atoms with Gasteiger partial charge in [-0.2, -0.15) is 5.10 Å². The molecule has 1 aromatic carbocycles. The van der Waals surface area contributed by atoms with Crippen LogP contribution in [0.15, 0.2) is 65.4 Å². The van der Waals surface area contributed by atoms with E-state index >= 15 is 0 Å². The number of tetrazole rings is 1. The van der Waals surface area contributed by atoms with Crippen molar-refractivity contribution in [3.05, 3.63) is 71.1 Å². The van der Waals surface area contributed by atoms with Crippen LogP contribution in [0.25, 0.3) is 11.4 Å². The molecule has 9 nitrogen and oxygen atoms in total. The third-order valence-electron chi connectivity index (χ3n) is 3.60. The van der Waals surface area contributed by atoms with Gasteiger partial charge in [-0.3, -0.25) is 4.79 Å². The zero-order valence-corrected chi connectivity index (χ0v) is 15.5. The molecule has 0 fully saturated rings. The smallest absolute Gasteiger partial charge is 0.277 e. The molecule has 27 heavy (non-hydrogen) atoms. The quantitative estimate of drug-likeness (QED) is 0.527. The molecule has 0 saturated carbocycles. The number of hydrogen-bond donors (Lipinski definition) is 1. The van der Waals surface area contributed by atoms with Gasteiger partial charge in [-0.1, -0.05) is 30.3 Å². The molecule has 4 aromatic rings. The molecule has 0 bridgehead atoms. The van der Waals surface area contributed by atoms with Gasteiger partial charge in [-0.25, -0.2) is 9.67 Å². The fourth-order valence-electron chi connectivity index (χ4n) is 2.33. The molecule has 10 heteroatoms. The van der Waals surface area contributed by atoms with Gasteiger partial charge in [0.15, 0.2) is 12.4 Å². The van der Waals surface area contributed by atoms with Crippen LogP contribution in [0.3, 0.4) is 0 Å². The summed E-state index contributed by atoms with van der Waals surface area (Å²) in [6.45, 7) is 0.240. The van der Waals surface area contributed by atoms with Crippen LogP contribution in [0.2, 0.25) is 0 Å². The van der Waals surface area contributed by atoms with Crippen molar-refractivity contribution < 1.29 is 4.79 Å². The third-order valence-corrected chi connectivity index (χ3v) is 4.07. The Balaban J connectivity index is 1.43. The predicted octanol–water partition coefficient (Wildman–Crippen LogP) is 2.45. The maximum atomic E-state index is 12.3. The molecule has 134 valence electrons. The molecule has 3 heterocycles. The molecule has 0 aliphatic heterocycles. The maximum absolute atomic E-state index is 12.3. The van der Waals surface area contributed by atoms with Crippen LogP contribution in [-0.2, 0) is 6.67 Å². The molecular weight excluding hydrogens is 412 g/mol. The van der Waals surface area contributed by atoms with Crippen molar-refractivity contribution in [3.63, 3.8) is 0 Å². The van der Waals surface area contributed by atoms with Crippen LogP contribution in [0.4, 0.5) is 5.82 Å². The Morgan fingerprint density at radius 1 is 1.07 bits per heavy atom. The van der Waals surface area contributed by atoms with Crippen LogP contribution < -0.4 is 5.32 Å². The molecule has 0 spiro atoms. The van der Waals surface area contributed by atoms with E-state index in [2.05, 4.69) is 46.7 Å². The van der Waals surface area contributed by atoms with E-state index in [1.54, 1.807) is 35.3 Å². The largest absolute Gasteiger partial charge is 0.305 e. The van der Waals surface area contributed by atoms with E-state index in [1.165, 1.54) is 4.80 Å². The van der Waals surface area contributed by atoms with Crippen LogP contribution in [0, 0.1) is 0 Å². The molecule has 0 atom stereocenters. The minimum Gasteiger partial charge on any atom is -0.305 e. The lowest BCUT2D eigenvalue weighted by molar-refractivity contribution is 0.102. The minimum absolute atomic E-state index is 0.240. The zero-order valence-electron chi connectivity index (χ0n) is 13.9. The topological polar surface area (TPSA) is 103 Å². The van der Waals surface area contributed by atoms with Crippen molar-refractivity contribution in [2.24, 2.45) is 0 Å². The number of rotatable bonds is 5.